The summed E-state index contributed by atoms with van der Waals surface area (Å²) < 4.78 is 0. The van der Waals surface area contributed by atoms with E-state index in [1.54, 1.807) is 12.1 Å². The number of phenolic OH excluding ortho intramolecular Hbond substituents is 2. The lowest BCUT2D eigenvalue weighted by molar-refractivity contribution is 0.476. The molecule has 2 aromatic heterocycles. The number of hydrogen-bond acceptors (Lipinski definition) is 4. The van der Waals surface area contributed by atoms with Crippen molar-refractivity contribution in [2.75, 3.05) is 0 Å². The van der Waals surface area contributed by atoms with E-state index < -0.39 is 0 Å². The zero-order valence-corrected chi connectivity index (χ0v) is 40.8. The van der Waals surface area contributed by atoms with Crippen LogP contribution in [0.3, 0.4) is 0 Å². The topological polar surface area (TPSA) is 66.2 Å². The van der Waals surface area contributed by atoms with Gasteiger partial charge in [0.25, 0.3) is 0 Å². The van der Waals surface area contributed by atoms with Crippen molar-refractivity contribution in [1.82, 2.24) is 9.97 Å². The predicted octanol–water partition coefficient (Wildman–Crippen LogP) is 16.7. The van der Waals surface area contributed by atoms with Gasteiger partial charge in [-0.2, -0.15) is 0 Å². The number of pyridine rings is 2. The minimum absolute atomic E-state index is 0.0561. The molecule has 0 bridgehead atoms. The van der Waals surface area contributed by atoms with Crippen LogP contribution in [0.4, 0.5) is 0 Å². The SMILES string of the molecule is CC(C)(C)c1cc(-c2ccccc2)c(-c2ccc(O)c(-c3cccc(-c4cccc(-c5cc(-c6c(-c7ccccc7)cc(C(C)(C)C)cc6C(C)(C)C)ccc5O)n4)n3)c2)c(C(C)(C)C)c1. The highest BCUT2D eigenvalue weighted by Crippen LogP contribution is 2.47. The summed E-state index contributed by atoms with van der Waals surface area (Å²) in [5.74, 6) is 0.300. The summed E-state index contributed by atoms with van der Waals surface area (Å²) in [7, 11) is 0. The van der Waals surface area contributed by atoms with Gasteiger partial charge >= 0.3 is 0 Å². The van der Waals surface area contributed by atoms with Crippen LogP contribution in [0.15, 0.2) is 158 Å². The Hall–Kier alpha value is -6.78. The summed E-state index contributed by atoms with van der Waals surface area (Å²) in [5.41, 5.74) is 17.4. The van der Waals surface area contributed by atoms with Crippen molar-refractivity contribution >= 4 is 0 Å². The van der Waals surface area contributed by atoms with E-state index in [-0.39, 0.29) is 33.2 Å². The Labute approximate surface area is 393 Å². The van der Waals surface area contributed by atoms with Crippen molar-refractivity contribution in [3.05, 3.63) is 180 Å². The molecule has 0 aliphatic rings. The lowest BCUT2D eigenvalue weighted by Gasteiger charge is -2.30. The fraction of sp³-hybridized carbons (Fsp3) is 0.258. The van der Waals surface area contributed by atoms with E-state index >= 15 is 0 Å². The highest BCUT2D eigenvalue weighted by molar-refractivity contribution is 5.91. The second-order valence-electron chi connectivity index (χ2n) is 21.9. The van der Waals surface area contributed by atoms with Crippen LogP contribution < -0.4 is 0 Å². The van der Waals surface area contributed by atoms with E-state index in [1.807, 2.05) is 48.5 Å². The third kappa shape index (κ3) is 9.33. The van der Waals surface area contributed by atoms with E-state index in [1.165, 1.54) is 22.3 Å². The quantitative estimate of drug-likeness (QED) is 0.167. The predicted molar refractivity (Wildman–Crippen MR) is 278 cm³/mol. The summed E-state index contributed by atoms with van der Waals surface area (Å²) in [4.78, 5) is 10.3. The number of phenols is 2. The lowest BCUT2D eigenvalue weighted by Crippen LogP contribution is -2.18. The second-order valence-corrected chi connectivity index (χ2v) is 21.9. The average Bonchev–Trinajstić information content (AvgIpc) is 3.28. The first-order chi connectivity index (χ1) is 31.1. The maximum absolute atomic E-state index is 11.5. The third-order valence-corrected chi connectivity index (χ3v) is 12.7. The van der Waals surface area contributed by atoms with Gasteiger partial charge in [-0.25, -0.2) is 9.97 Å². The maximum atomic E-state index is 11.5. The van der Waals surface area contributed by atoms with E-state index in [0.717, 1.165) is 44.5 Å². The number of aromatic hydroxyl groups is 2. The van der Waals surface area contributed by atoms with Gasteiger partial charge < -0.3 is 10.2 Å². The highest BCUT2D eigenvalue weighted by atomic mass is 16.3. The fourth-order valence-corrected chi connectivity index (χ4v) is 8.89. The Balaban J connectivity index is 1.23. The van der Waals surface area contributed by atoms with Gasteiger partial charge in [0.15, 0.2) is 0 Å². The monoisotopic (exact) mass is 868 g/mol. The number of benzene rings is 6. The van der Waals surface area contributed by atoms with Crippen LogP contribution in [0.2, 0.25) is 0 Å². The summed E-state index contributed by atoms with van der Waals surface area (Å²) in [5, 5.41) is 23.1. The minimum atomic E-state index is -0.170. The molecule has 8 rings (SSSR count). The molecule has 0 atom stereocenters. The molecule has 0 aliphatic heterocycles. The first-order valence-corrected chi connectivity index (χ1v) is 23.2. The summed E-state index contributed by atoms with van der Waals surface area (Å²) in [6, 6.07) is 54.1. The van der Waals surface area contributed by atoms with Gasteiger partial charge in [0.2, 0.25) is 0 Å². The molecule has 4 nitrogen and oxygen atoms in total. The minimum Gasteiger partial charge on any atom is -0.507 e. The lowest BCUT2D eigenvalue weighted by atomic mass is 9.74. The van der Waals surface area contributed by atoms with E-state index in [9.17, 15) is 10.2 Å². The molecule has 0 saturated heterocycles. The van der Waals surface area contributed by atoms with Gasteiger partial charge in [0.05, 0.1) is 22.8 Å². The smallest absolute Gasteiger partial charge is 0.125 e. The van der Waals surface area contributed by atoms with Gasteiger partial charge in [-0.3, -0.25) is 0 Å². The van der Waals surface area contributed by atoms with Gasteiger partial charge in [-0.1, -0.05) is 180 Å². The average molecular weight is 869 g/mol. The largest absolute Gasteiger partial charge is 0.507 e. The second kappa shape index (κ2) is 17.2. The Kier molecular flexibility index (Phi) is 11.9. The molecule has 4 heteroatoms. The molecule has 0 amide bonds. The van der Waals surface area contributed by atoms with Gasteiger partial charge in [0.1, 0.15) is 11.5 Å². The summed E-state index contributed by atoms with van der Waals surface area (Å²) in [6.45, 7) is 27.2. The molecular formula is C62H64N2O2. The highest BCUT2D eigenvalue weighted by Gasteiger charge is 2.29. The molecule has 0 spiro atoms. The van der Waals surface area contributed by atoms with Gasteiger partial charge in [0, 0.05) is 11.1 Å². The van der Waals surface area contributed by atoms with E-state index in [0.29, 0.717) is 33.9 Å². The molecule has 66 heavy (non-hydrogen) atoms. The molecule has 2 N–H and O–H groups in total. The molecule has 0 fully saturated rings. The van der Waals surface area contributed by atoms with Gasteiger partial charge in [-0.05, 0) is 149 Å². The molecule has 0 saturated carbocycles. The Bertz CT molecular complexity index is 2850. The molecule has 8 aromatic rings. The molecular weight excluding hydrogens is 805 g/mol. The normalized spacial score (nSPS) is 12.4. The van der Waals surface area contributed by atoms with Crippen molar-refractivity contribution in [2.24, 2.45) is 0 Å². The summed E-state index contributed by atoms with van der Waals surface area (Å²) >= 11 is 0. The standard InChI is InChI=1S/C62H64N2O2/c1-59(2,3)43-35-45(39-21-15-13-16-22-39)57(49(37-43)61(7,8)9)41-29-31-55(65)47(33-41)51-25-19-27-53(63-51)54-28-20-26-52(64-54)48-34-42(30-32-56(48)66)58-46(40-23-17-14-18-24-40)36-44(60(4,5)6)38-50(58)62(10,11)12/h13-38,65-66H,1-12H3. The molecule has 0 radical (unpaired) electrons. The van der Waals surface area contributed by atoms with Crippen LogP contribution in [-0.4, -0.2) is 20.2 Å². The van der Waals surface area contributed by atoms with Crippen molar-refractivity contribution < 1.29 is 10.2 Å². The van der Waals surface area contributed by atoms with Crippen LogP contribution in [0.1, 0.15) is 105 Å². The molecule has 6 aromatic carbocycles. The van der Waals surface area contributed by atoms with Crippen LogP contribution >= 0.6 is 0 Å². The summed E-state index contributed by atoms with van der Waals surface area (Å²) in [6.07, 6.45) is 0. The molecule has 334 valence electrons. The van der Waals surface area contributed by atoms with Crippen LogP contribution in [0.5, 0.6) is 11.5 Å². The maximum Gasteiger partial charge on any atom is 0.125 e. The first-order valence-electron chi connectivity index (χ1n) is 23.2. The van der Waals surface area contributed by atoms with Gasteiger partial charge in [-0.15, -0.1) is 0 Å². The van der Waals surface area contributed by atoms with Crippen LogP contribution in [0, 0.1) is 0 Å². The van der Waals surface area contributed by atoms with Crippen molar-refractivity contribution in [3.8, 4) is 89.9 Å². The molecule has 0 unspecified atom stereocenters. The fourth-order valence-electron chi connectivity index (χ4n) is 8.89. The number of hydrogen-bond donors (Lipinski definition) is 2. The van der Waals surface area contributed by atoms with Crippen molar-refractivity contribution in [2.45, 2.75) is 105 Å². The van der Waals surface area contributed by atoms with Crippen molar-refractivity contribution in [1.29, 1.82) is 0 Å². The van der Waals surface area contributed by atoms with Crippen molar-refractivity contribution in [3.63, 3.8) is 0 Å². The Morgan fingerprint density at radius 3 is 0.985 bits per heavy atom. The Morgan fingerprint density at radius 1 is 0.303 bits per heavy atom. The van der Waals surface area contributed by atoms with Crippen LogP contribution in [0.25, 0.3) is 78.4 Å². The third-order valence-electron chi connectivity index (χ3n) is 12.7. The zero-order chi connectivity index (χ0) is 47.3. The van der Waals surface area contributed by atoms with E-state index in [4.69, 9.17) is 9.97 Å². The molecule has 2 heterocycles. The number of aromatic nitrogens is 2. The molecule has 0 aliphatic carbocycles. The van der Waals surface area contributed by atoms with Crippen LogP contribution in [-0.2, 0) is 21.7 Å². The van der Waals surface area contributed by atoms with E-state index in [2.05, 4.69) is 180 Å². The number of rotatable bonds is 7. The first kappa shape index (κ1) is 45.8. The number of nitrogens with zero attached hydrogens (tertiary/aromatic N) is 2. The Morgan fingerprint density at radius 2 is 0.652 bits per heavy atom. The zero-order valence-electron chi connectivity index (χ0n) is 40.8.